The molecule has 11 nitrogen and oxygen atoms in total. The van der Waals surface area contributed by atoms with Crippen LogP contribution >= 0.6 is 11.8 Å². The summed E-state index contributed by atoms with van der Waals surface area (Å²) in [7, 11) is -3.73. The second kappa shape index (κ2) is 13.2. The molecule has 1 aromatic heterocycles. The van der Waals surface area contributed by atoms with E-state index in [1.807, 2.05) is 24.3 Å². The van der Waals surface area contributed by atoms with Gasteiger partial charge in [-0.05, 0) is 70.1 Å². The van der Waals surface area contributed by atoms with Crippen LogP contribution in [0.1, 0.15) is 35.5 Å². The Balaban J connectivity index is 1.20. The molecule has 3 unspecified atom stereocenters. The van der Waals surface area contributed by atoms with Gasteiger partial charge in [-0.2, -0.15) is 4.68 Å². The van der Waals surface area contributed by atoms with Gasteiger partial charge in [0.05, 0.1) is 29.4 Å². The van der Waals surface area contributed by atoms with Crippen LogP contribution in [0.5, 0.6) is 5.75 Å². The summed E-state index contributed by atoms with van der Waals surface area (Å²) < 4.78 is 42.6. The fraction of sp³-hybridized carbons (Fsp3) is 0.194. The summed E-state index contributed by atoms with van der Waals surface area (Å²) in [5, 5.41) is 31.8. The lowest BCUT2D eigenvalue weighted by Crippen LogP contribution is -2.31. The number of nitrogens with zero attached hydrogens (tertiary/aromatic N) is 4. The number of thioether (sulfide) groups is 1. The first-order valence-electron chi connectivity index (χ1n) is 13.8. The molecule has 3 atom stereocenters. The number of aromatic nitrogens is 4. The Hall–Kier alpha value is -4.27. The Morgan fingerprint density at radius 3 is 2.30 bits per heavy atom. The third-order valence-corrected chi connectivity index (χ3v) is 9.49. The maximum absolute atomic E-state index is 12.8. The Kier molecular flexibility index (Phi) is 8.91. The molecule has 1 fully saturated rings. The number of hydrogen-bond donors (Lipinski definition) is 3. The molecule has 0 radical (unpaired) electrons. The molecular formula is C31H29N5O6S2. The fourth-order valence-corrected chi connectivity index (χ4v) is 6.72. The number of benzene rings is 4. The summed E-state index contributed by atoms with van der Waals surface area (Å²) in [4.78, 5) is 0.176. The molecule has 5 aromatic rings. The number of rotatable bonds is 10. The quantitative estimate of drug-likeness (QED) is 0.180. The second-order valence-corrected chi connectivity index (χ2v) is 12.8. The minimum atomic E-state index is -3.73. The number of tetrazole rings is 1. The van der Waals surface area contributed by atoms with Crippen molar-refractivity contribution in [1.29, 1.82) is 0 Å². The van der Waals surface area contributed by atoms with E-state index in [0.29, 0.717) is 28.7 Å². The Morgan fingerprint density at radius 1 is 0.886 bits per heavy atom. The first-order chi connectivity index (χ1) is 21.4. The second-order valence-electron chi connectivity index (χ2n) is 10.1. The van der Waals surface area contributed by atoms with Crippen molar-refractivity contribution >= 4 is 27.5 Å². The van der Waals surface area contributed by atoms with Crippen molar-refractivity contribution in [3.8, 4) is 11.4 Å². The summed E-state index contributed by atoms with van der Waals surface area (Å²) in [5.74, 6) is 0.677. The van der Waals surface area contributed by atoms with Crippen molar-refractivity contribution in [2.24, 2.45) is 0 Å². The Labute approximate surface area is 258 Å². The van der Waals surface area contributed by atoms with Crippen LogP contribution in [0.3, 0.4) is 0 Å². The summed E-state index contributed by atoms with van der Waals surface area (Å²) >= 11 is 1.44. The minimum Gasteiger partial charge on any atom is -0.508 e. The molecule has 1 aliphatic rings. The molecular weight excluding hydrogens is 603 g/mol. The van der Waals surface area contributed by atoms with Gasteiger partial charge in [0, 0.05) is 23.4 Å². The zero-order valence-corrected chi connectivity index (χ0v) is 24.9. The SMILES string of the molecule is O=S(=O)(Nc1ccc(C2OC(CSc3nnnn3-c3ccc(O)cc3)CC(c3ccc(CO)cc3)O2)cc1)c1ccccc1. The van der Waals surface area contributed by atoms with Crippen LogP contribution in [-0.2, 0) is 26.1 Å². The first kappa shape index (κ1) is 29.8. The molecule has 0 amide bonds. The van der Waals surface area contributed by atoms with Gasteiger partial charge < -0.3 is 19.7 Å². The van der Waals surface area contributed by atoms with Crippen molar-refractivity contribution in [3.05, 3.63) is 120 Å². The van der Waals surface area contributed by atoms with Crippen LogP contribution in [0.4, 0.5) is 5.69 Å². The molecule has 6 rings (SSSR count). The Morgan fingerprint density at radius 2 is 1.59 bits per heavy atom. The monoisotopic (exact) mass is 631 g/mol. The van der Waals surface area contributed by atoms with Crippen LogP contribution in [0, 0.1) is 0 Å². The van der Waals surface area contributed by atoms with E-state index in [1.54, 1.807) is 71.4 Å². The van der Waals surface area contributed by atoms with E-state index in [0.717, 1.165) is 16.7 Å². The summed E-state index contributed by atoms with van der Waals surface area (Å²) in [6.07, 6.45) is -0.693. The van der Waals surface area contributed by atoms with Gasteiger partial charge in [-0.25, -0.2) is 8.42 Å². The van der Waals surface area contributed by atoms with Gasteiger partial charge in [0.1, 0.15) is 5.75 Å². The highest BCUT2D eigenvalue weighted by atomic mass is 32.2. The lowest BCUT2D eigenvalue weighted by molar-refractivity contribution is -0.245. The molecule has 2 heterocycles. The number of ether oxygens (including phenoxy) is 2. The molecule has 0 spiro atoms. The van der Waals surface area contributed by atoms with Gasteiger partial charge in [-0.3, -0.25) is 4.72 Å². The van der Waals surface area contributed by atoms with Crippen molar-refractivity contribution < 1.29 is 28.1 Å². The maximum Gasteiger partial charge on any atom is 0.261 e. The van der Waals surface area contributed by atoms with Crippen molar-refractivity contribution in [2.45, 2.75) is 41.6 Å². The summed E-state index contributed by atoms with van der Waals surface area (Å²) in [5.41, 5.74) is 3.61. The van der Waals surface area contributed by atoms with Crippen LogP contribution in [-0.4, -0.2) is 50.7 Å². The van der Waals surface area contributed by atoms with Gasteiger partial charge in [0.25, 0.3) is 10.0 Å². The molecule has 1 aliphatic heterocycles. The van der Waals surface area contributed by atoms with Crippen molar-refractivity contribution in [2.75, 3.05) is 10.5 Å². The lowest BCUT2D eigenvalue weighted by Gasteiger charge is -2.36. The van der Waals surface area contributed by atoms with E-state index in [4.69, 9.17) is 9.47 Å². The number of hydrogen-bond acceptors (Lipinski definition) is 10. The molecule has 226 valence electrons. The average Bonchev–Trinajstić information content (AvgIpc) is 3.53. The summed E-state index contributed by atoms with van der Waals surface area (Å²) in [6.45, 7) is -0.0487. The molecule has 13 heteroatoms. The largest absolute Gasteiger partial charge is 0.508 e. The van der Waals surface area contributed by atoms with E-state index in [1.165, 1.54) is 23.9 Å². The van der Waals surface area contributed by atoms with Crippen molar-refractivity contribution in [3.63, 3.8) is 0 Å². The number of aliphatic hydroxyl groups excluding tert-OH is 1. The average molecular weight is 632 g/mol. The number of aromatic hydroxyl groups is 1. The van der Waals surface area contributed by atoms with Crippen LogP contribution in [0.2, 0.25) is 0 Å². The van der Waals surface area contributed by atoms with Gasteiger partial charge in [0.2, 0.25) is 5.16 Å². The zero-order valence-electron chi connectivity index (χ0n) is 23.3. The topological polar surface area (TPSA) is 149 Å². The van der Waals surface area contributed by atoms with E-state index >= 15 is 0 Å². The highest BCUT2D eigenvalue weighted by molar-refractivity contribution is 7.99. The molecule has 0 bridgehead atoms. The van der Waals surface area contributed by atoms with Gasteiger partial charge >= 0.3 is 0 Å². The molecule has 0 saturated carbocycles. The number of phenols is 1. The molecule has 1 saturated heterocycles. The predicted octanol–water partition coefficient (Wildman–Crippen LogP) is 5.00. The van der Waals surface area contributed by atoms with Crippen LogP contribution in [0.25, 0.3) is 5.69 Å². The van der Waals surface area contributed by atoms with E-state index in [-0.39, 0.29) is 29.5 Å². The molecule has 0 aliphatic carbocycles. The van der Waals surface area contributed by atoms with Gasteiger partial charge in [-0.15, -0.1) is 5.10 Å². The van der Waals surface area contributed by atoms with E-state index < -0.39 is 16.3 Å². The van der Waals surface area contributed by atoms with E-state index in [2.05, 4.69) is 20.2 Å². The van der Waals surface area contributed by atoms with E-state index in [9.17, 15) is 18.6 Å². The standard InChI is InChI=1S/C31H29N5O6S2/c37-19-21-6-8-22(9-7-21)29-18-27(20-43-31-32-34-35-36(31)25-14-16-26(38)17-15-25)41-30(42-29)23-10-12-24(13-11-23)33-44(39,40)28-4-2-1-3-5-28/h1-17,27,29-30,33,37-38H,18-20H2. The fourth-order valence-electron chi connectivity index (χ4n) is 4.74. The van der Waals surface area contributed by atoms with Gasteiger partial charge in [-0.1, -0.05) is 66.4 Å². The normalized spacial score (nSPS) is 18.6. The van der Waals surface area contributed by atoms with Crippen LogP contribution in [0.15, 0.2) is 113 Å². The van der Waals surface area contributed by atoms with Gasteiger partial charge in [0.15, 0.2) is 6.29 Å². The minimum absolute atomic E-state index is 0.0487. The molecule has 44 heavy (non-hydrogen) atoms. The molecule has 4 aromatic carbocycles. The third kappa shape index (κ3) is 6.93. The number of sulfonamides is 1. The third-order valence-electron chi connectivity index (χ3n) is 7.04. The first-order valence-corrected chi connectivity index (χ1v) is 16.2. The zero-order chi connectivity index (χ0) is 30.5. The highest BCUT2D eigenvalue weighted by Crippen LogP contribution is 2.39. The Bertz CT molecular complexity index is 1780. The number of nitrogens with one attached hydrogen (secondary N) is 1. The smallest absolute Gasteiger partial charge is 0.261 e. The predicted molar refractivity (Wildman–Crippen MR) is 164 cm³/mol. The van der Waals surface area contributed by atoms with Crippen LogP contribution < -0.4 is 4.72 Å². The number of phenolic OH excluding ortho intramolecular Hbond substituents is 1. The summed E-state index contributed by atoms with van der Waals surface area (Å²) in [6, 6.07) is 29.3. The maximum atomic E-state index is 12.8. The highest BCUT2D eigenvalue weighted by Gasteiger charge is 2.33. The number of aliphatic hydroxyl groups is 1. The van der Waals surface area contributed by atoms with Crippen molar-refractivity contribution in [1.82, 2.24) is 20.2 Å². The molecule has 3 N–H and O–H groups in total. The number of anilines is 1. The lowest BCUT2D eigenvalue weighted by atomic mass is 10.0.